The summed E-state index contributed by atoms with van der Waals surface area (Å²) in [4.78, 5) is 18.3. The van der Waals surface area contributed by atoms with Gasteiger partial charge in [0.05, 0.1) is 22.5 Å². The monoisotopic (exact) mass is 265 g/mol. The lowest BCUT2D eigenvalue weighted by Gasteiger charge is -2.25. The van der Waals surface area contributed by atoms with Gasteiger partial charge in [-0.1, -0.05) is 12.1 Å². The molecule has 0 atom stereocenters. The Morgan fingerprint density at radius 1 is 1.40 bits per heavy atom. The number of carbonyl (C=O) groups excluding carboxylic acids is 1. The second-order valence-corrected chi connectivity index (χ2v) is 4.43. The molecule has 0 fully saturated rings. The van der Waals surface area contributed by atoms with Crippen LogP contribution in [0.3, 0.4) is 0 Å². The fourth-order valence-electron chi connectivity index (χ4n) is 2.13. The molecule has 6 heteroatoms. The second kappa shape index (κ2) is 4.24. The lowest BCUT2D eigenvalue weighted by atomic mass is 10.1. The number of para-hydroxylation sites is 2. The molecule has 0 radical (unpaired) electrons. The molecule has 0 spiro atoms. The molecule has 2 heterocycles. The third kappa shape index (κ3) is 1.65. The van der Waals surface area contributed by atoms with Crippen LogP contribution in [0.4, 0.5) is 11.4 Å². The first-order chi connectivity index (χ1) is 9.61. The Morgan fingerprint density at radius 2 is 2.15 bits per heavy atom. The van der Waals surface area contributed by atoms with Gasteiger partial charge in [-0.05, 0) is 18.2 Å². The molecule has 6 nitrogen and oxygen atoms in total. The molecule has 1 aromatic carbocycles. The number of hydrogen-bond acceptors (Lipinski definition) is 5. The number of amidine groups is 1. The minimum atomic E-state index is -0.305. The van der Waals surface area contributed by atoms with Gasteiger partial charge in [0.15, 0.2) is 0 Å². The molecule has 3 rings (SSSR count). The molecule has 0 bridgehead atoms. The predicted octanol–water partition coefficient (Wildman–Crippen LogP) is 1.23. The Kier molecular flexibility index (Phi) is 2.54. The molecule has 1 amide bonds. The van der Waals surface area contributed by atoms with Crippen molar-refractivity contribution in [2.24, 2.45) is 10.7 Å². The molecular weight excluding hydrogens is 254 g/mol. The number of fused-ring (bicyclic) bond motifs is 2. The normalized spacial score (nSPS) is 17.2. The maximum atomic E-state index is 12.3. The summed E-state index contributed by atoms with van der Waals surface area (Å²) >= 11 is 0. The molecule has 3 N–H and O–H groups in total. The maximum absolute atomic E-state index is 12.3. The summed E-state index contributed by atoms with van der Waals surface area (Å²) in [5.41, 5.74) is 7.75. The molecular formula is C14H11N5O. The average Bonchev–Trinajstić information content (AvgIpc) is 2.59. The number of allylic oxidation sites excluding steroid dienone is 2. The number of nitrogens with one attached hydrogen (secondary N) is 1. The summed E-state index contributed by atoms with van der Waals surface area (Å²) in [5, 5.41) is 11.8. The number of nitrogens with two attached hydrogens (primary N) is 1. The van der Waals surface area contributed by atoms with Gasteiger partial charge in [0.2, 0.25) is 0 Å². The van der Waals surface area contributed by atoms with Crippen molar-refractivity contribution >= 4 is 23.1 Å². The first kappa shape index (κ1) is 12.0. The van der Waals surface area contributed by atoms with Gasteiger partial charge in [-0.3, -0.25) is 4.79 Å². The number of benzene rings is 1. The summed E-state index contributed by atoms with van der Waals surface area (Å²) < 4.78 is 0. The summed E-state index contributed by atoms with van der Waals surface area (Å²) in [7, 11) is 1.68. The number of rotatable bonds is 0. The van der Waals surface area contributed by atoms with Gasteiger partial charge in [0.1, 0.15) is 17.7 Å². The molecule has 2 aliphatic heterocycles. The van der Waals surface area contributed by atoms with Gasteiger partial charge in [-0.2, -0.15) is 5.26 Å². The van der Waals surface area contributed by atoms with E-state index in [2.05, 4.69) is 10.3 Å². The van der Waals surface area contributed by atoms with E-state index >= 15 is 0 Å². The third-order valence-corrected chi connectivity index (χ3v) is 3.23. The van der Waals surface area contributed by atoms with Crippen molar-refractivity contribution in [2.45, 2.75) is 0 Å². The van der Waals surface area contributed by atoms with Crippen LogP contribution in [0.5, 0.6) is 0 Å². The fraction of sp³-hybridized carbons (Fsp3) is 0.0714. The van der Waals surface area contributed by atoms with Crippen LogP contribution < -0.4 is 11.1 Å². The van der Waals surface area contributed by atoms with E-state index < -0.39 is 0 Å². The van der Waals surface area contributed by atoms with Crippen LogP contribution >= 0.6 is 0 Å². The van der Waals surface area contributed by atoms with Crippen LogP contribution in [-0.2, 0) is 4.79 Å². The summed E-state index contributed by atoms with van der Waals surface area (Å²) in [6.07, 6.45) is 1.47. The van der Waals surface area contributed by atoms with Gasteiger partial charge in [-0.15, -0.1) is 0 Å². The van der Waals surface area contributed by atoms with Crippen molar-refractivity contribution < 1.29 is 4.79 Å². The highest BCUT2D eigenvalue weighted by Gasteiger charge is 2.29. The minimum absolute atomic E-state index is 0.252. The van der Waals surface area contributed by atoms with Gasteiger partial charge >= 0.3 is 0 Å². The van der Waals surface area contributed by atoms with E-state index in [4.69, 9.17) is 11.0 Å². The molecule has 98 valence electrons. The molecule has 2 aliphatic rings. The van der Waals surface area contributed by atoms with Crippen LogP contribution in [0.15, 0.2) is 52.3 Å². The molecule has 0 saturated heterocycles. The molecule has 0 aromatic heterocycles. The number of hydrogen-bond donors (Lipinski definition) is 2. The van der Waals surface area contributed by atoms with E-state index in [1.807, 2.05) is 18.2 Å². The number of nitrogens with zero attached hydrogens (tertiary/aromatic N) is 3. The lowest BCUT2D eigenvalue weighted by Crippen LogP contribution is -2.38. The molecule has 0 saturated carbocycles. The first-order valence-electron chi connectivity index (χ1n) is 5.96. The SMILES string of the molecule is CN1C2=Nc3ccccc3NC(=O)C2=CC(C#N)=C1N. The molecule has 0 unspecified atom stereocenters. The molecule has 1 aromatic rings. The predicted molar refractivity (Wildman–Crippen MR) is 74.8 cm³/mol. The van der Waals surface area contributed by atoms with E-state index in [0.717, 1.165) is 0 Å². The zero-order chi connectivity index (χ0) is 14.3. The third-order valence-electron chi connectivity index (χ3n) is 3.23. The van der Waals surface area contributed by atoms with Gasteiger partial charge in [0.25, 0.3) is 5.91 Å². The Morgan fingerprint density at radius 3 is 2.90 bits per heavy atom. The van der Waals surface area contributed by atoms with Crippen molar-refractivity contribution in [1.82, 2.24) is 4.90 Å². The largest absolute Gasteiger partial charge is 0.384 e. The minimum Gasteiger partial charge on any atom is -0.384 e. The van der Waals surface area contributed by atoms with E-state index in [9.17, 15) is 4.79 Å². The van der Waals surface area contributed by atoms with Gasteiger partial charge in [-0.25, -0.2) is 4.99 Å². The van der Waals surface area contributed by atoms with E-state index in [1.165, 1.54) is 6.08 Å². The van der Waals surface area contributed by atoms with Crippen LogP contribution in [0.1, 0.15) is 0 Å². The Bertz CT molecular complexity index is 751. The number of amides is 1. The van der Waals surface area contributed by atoms with E-state index in [-0.39, 0.29) is 17.3 Å². The van der Waals surface area contributed by atoms with E-state index in [0.29, 0.717) is 22.8 Å². The number of anilines is 1. The summed E-state index contributed by atoms with van der Waals surface area (Å²) in [6, 6.07) is 9.22. The van der Waals surface area contributed by atoms with Crippen LogP contribution in [-0.4, -0.2) is 23.7 Å². The number of carbonyl (C=O) groups is 1. The van der Waals surface area contributed by atoms with Crippen molar-refractivity contribution in [1.29, 1.82) is 5.26 Å². The highest BCUT2D eigenvalue weighted by Crippen LogP contribution is 2.31. The smallest absolute Gasteiger partial charge is 0.259 e. The van der Waals surface area contributed by atoms with Gasteiger partial charge < -0.3 is 16.0 Å². The Labute approximate surface area is 115 Å². The zero-order valence-corrected chi connectivity index (χ0v) is 10.7. The van der Waals surface area contributed by atoms with E-state index in [1.54, 1.807) is 24.1 Å². The Balaban J connectivity index is 2.23. The van der Waals surface area contributed by atoms with Crippen LogP contribution in [0, 0.1) is 11.3 Å². The van der Waals surface area contributed by atoms with Gasteiger partial charge in [0, 0.05) is 7.05 Å². The number of aliphatic imine (C=N–C) groups is 1. The second-order valence-electron chi connectivity index (χ2n) is 4.43. The molecule has 0 aliphatic carbocycles. The summed E-state index contributed by atoms with van der Waals surface area (Å²) in [5.74, 6) is 0.409. The lowest BCUT2D eigenvalue weighted by molar-refractivity contribution is -0.112. The topological polar surface area (TPSA) is 94.5 Å². The van der Waals surface area contributed by atoms with Crippen molar-refractivity contribution in [2.75, 3.05) is 12.4 Å². The average molecular weight is 265 g/mol. The van der Waals surface area contributed by atoms with Crippen LogP contribution in [0.2, 0.25) is 0 Å². The highest BCUT2D eigenvalue weighted by molar-refractivity contribution is 6.28. The standard InChI is InChI=1S/C14H11N5O/c1-19-12(16)8(7-15)6-9-13(19)17-10-4-2-3-5-11(10)18-14(9)20/h2-6H,16H2,1H3,(H,18,20). The number of likely N-dealkylation sites (N-methyl/N-ethyl adjacent to an activating group) is 1. The summed E-state index contributed by atoms with van der Waals surface area (Å²) in [6.45, 7) is 0. The Hall–Kier alpha value is -3.07. The fourth-order valence-corrected chi connectivity index (χ4v) is 2.13. The van der Waals surface area contributed by atoms with Crippen molar-refractivity contribution in [3.8, 4) is 6.07 Å². The maximum Gasteiger partial charge on any atom is 0.259 e. The van der Waals surface area contributed by atoms with Crippen LogP contribution in [0.25, 0.3) is 0 Å². The zero-order valence-electron chi connectivity index (χ0n) is 10.7. The quantitative estimate of drug-likeness (QED) is 0.737. The highest BCUT2D eigenvalue weighted by atomic mass is 16.1. The molecule has 20 heavy (non-hydrogen) atoms. The van der Waals surface area contributed by atoms with Crippen molar-refractivity contribution in [3.63, 3.8) is 0 Å². The first-order valence-corrected chi connectivity index (χ1v) is 5.96. The van der Waals surface area contributed by atoms with Crippen molar-refractivity contribution in [3.05, 3.63) is 47.3 Å². The number of nitriles is 1.